The first-order valence-corrected chi connectivity index (χ1v) is 12.5. The van der Waals surface area contributed by atoms with Crippen LogP contribution in [0.1, 0.15) is 48.5 Å². The maximum absolute atomic E-state index is 15.3. The van der Waals surface area contributed by atoms with Crippen molar-refractivity contribution < 1.29 is 27.5 Å². The topological polar surface area (TPSA) is 126 Å². The summed E-state index contributed by atoms with van der Waals surface area (Å²) in [6, 6.07) is 4.93. The number of imidazole rings is 1. The number of nitrogens with one attached hydrogen (secondary N) is 1. The number of tetrazole rings is 1. The van der Waals surface area contributed by atoms with Crippen LogP contribution in [-0.2, 0) is 4.79 Å². The fourth-order valence-corrected chi connectivity index (χ4v) is 5.45. The third-order valence-electron chi connectivity index (χ3n) is 7.09. The van der Waals surface area contributed by atoms with E-state index in [1.807, 2.05) is 0 Å². The van der Waals surface area contributed by atoms with E-state index in [0.29, 0.717) is 47.6 Å². The van der Waals surface area contributed by atoms with Crippen LogP contribution in [0, 0.1) is 5.82 Å². The summed E-state index contributed by atoms with van der Waals surface area (Å²) in [5.74, 6) is -0.561. The lowest BCUT2D eigenvalue weighted by atomic mass is 9.92. The van der Waals surface area contributed by atoms with Crippen molar-refractivity contribution in [3.05, 3.63) is 77.0 Å². The lowest BCUT2D eigenvalue weighted by Gasteiger charge is -2.33. The number of aromatic nitrogens is 7. The average Bonchev–Trinajstić information content (AvgIpc) is 3.70. The van der Waals surface area contributed by atoms with Crippen LogP contribution in [0.15, 0.2) is 49.1 Å². The maximum Gasteiger partial charge on any atom is 0.420 e. The molecule has 1 amide bonds. The van der Waals surface area contributed by atoms with Gasteiger partial charge in [0.15, 0.2) is 11.9 Å². The fourth-order valence-electron chi connectivity index (χ4n) is 5.29. The van der Waals surface area contributed by atoms with Gasteiger partial charge in [-0.05, 0) is 59.5 Å². The zero-order valence-electron chi connectivity index (χ0n) is 20.3. The second kappa shape index (κ2) is 9.78. The van der Waals surface area contributed by atoms with Gasteiger partial charge in [0.2, 0.25) is 5.91 Å². The van der Waals surface area contributed by atoms with Crippen molar-refractivity contribution in [2.24, 2.45) is 0 Å². The second-order valence-corrected chi connectivity index (χ2v) is 9.88. The fraction of sp³-hybridized carbons (Fsp3) is 0.280. The standard InChI is InChI=1S/C25H19ClF4N8O2/c26-15-2-4-18(37-11-33-35-36-37)21(22(15)27)13-7-14-1-3-19(38(14)20(39)9-13)24-32-10-17(34-24)12-5-6-31-16(8-12)23(40)25(28,29)30/h2,4-6,8-11,14,19,23,40H,1,3,7H2,(H,32,34). The Kier molecular flexibility index (Phi) is 6.38. The predicted octanol–water partition coefficient (Wildman–Crippen LogP) is 4.36. The van der Waals surface area contributed by atoms with Gasteiger partial charge in [0.25, 0.3) is 0 Å². The number of alkyl halides is 3. The van der Waals surface area contributed by atoms with E-state index in [1.54, 1.807) is 11.0 Å². The monoisotopic (exact) mass is 574 g/mol. The third-order valence-corrected chi connectivity index (χ3v) is 7.39. The Hall–Kier alpha value is -4.17. The number of hydrogen-bond donors (Lipinski definition) is 2. The minimum absolute atomic E-state index is 0.1000. The lowest BCUT2D eigenvalue weighted by molar-refractivity contribution is -0.207. The molecule has 6 rings (SSSR count). The van der Waals surface area contributed by atoms with Crippen LogP contribution in [0.2, 0.25) is 5.02 Å². The summed E-state index contributed by atoms with van der Waals surface area (Å²) < 4.78 is 55.4. The first kappa shape index (κ1) is 26.1. The number of pyridine rings is 1. The second-order valence-electron chi connectivity index (χ2n) is 9.47. The average molecular weight is 575 g/mol. The third kappa shape index (κ3) is 4.52. The van der Waals surface area contributed by atoms with E-state index in [9.17, 15) is 23.1 Å². The Morgan fingerprint density at radius 3 is 2.75 bits per heavy atom. The van der Waals surface area contributed by atoms with Crippen LogP contribution in [0.3, 0.4) is 0 Å². The molecule has 0 aliphatic carbocycles. The van der Waals surface area contributed by atoms with Gasteiger partial charge in [-0.3, -0.25) is 9.78 Å². The smallest absolute Gasteiger partial charge is 0.378 e. The van der Waals surface area contributed by atoms with Crippen molar-refractivity contribution in [3.8, 4) is 16.9 Å². The summed E-state index contributed by atoms with van der Waals surface area (Å²) in [4.78, 5) is 26.2. The molecule has 3 unspecified atom stereocenters. The Morgan fingerprint density at radius 2 is 2.00 bits per heavy atom. The summed E-state index contributed by atoms with van der Waals surface area (Å²) in [6.45, 7) is 0. The Balaban J connectivity index is 1.29. The molecule has 10 nitrogen and oxygen atoms in total. The first-order valence-electron chi connectivity index (χ1n) is 12.1. The Bertz CT molecular complexity index is 1620. The number of benzene rings is 1. The quantitative estimate of drug-likeness (QED) is 0.339. The number of halogens is 5. The predicted molar refractivity (Wildman–Crippen MR) is 132 cm³/mol. The normalized spacial score (nSPS) is 20.0. The van der Waals surface area contributed by atoms with Crippen LogP contribution in [0.25, 0.3) is 22.5 Å². The molecule has 0 spiro atoms. The molecule has 5 heterocycles. The number of carbonyl (C=O) groups is 1. The van der Waals surface area contributed by atoms with Gasteiger partial charge in [0.05, 0.1) is 34.3 Å². The molecule has 0 saturated carbocycles. The molecule has 0 radical (unpaired) electrons. The number of H-pyrrole nitrogens is 1. The van der Waals surface area contributed by atoms with Gasteiger partial charge >= 0.3 is 6.18 Å². The van der Waals surface area contributed by atoms with Crippen molar-refractivity contribution in [2.45, 2.75) is 43.6 Å². The highest BCUT2D eigenvalue weighted by Gasteiger charge is 2.43. The van der Waals surface area contributed by atoms with Gasteiger partial charge in [-0.1, -0.05) is 11.6 Å². The molecule has 40 heavy (non-hydrogen) atoms. The molecular weight excluding hydrogens is 556 g/mol. The van der Waals surface area contributed by atoms with Crippen molar-refractivity contribution in [2.75, 3.05) is 0 Å². The maximum atomic E-state index is 15.3. The van der Waals surface area contributed by atoms with Crippen LogP contribution in [0.5, 0.6) is 0 Å². The van der Waals surface area contributed by atoms with E-state index >= 15 is 4.39 Å². The van der Waals surface area contributed by atoms with Gasteiger partial charge in [-0.2, -0.15) is 17.9 Å². The number of fused-ring (bicyclic) bond motifs is 1. The number of aliphatic hydroxyl groups is 1. The van der Waals surface area contributed by atoms with E-state index in [2.05, 4.69) is 30.5 Å². The largest absolute Gasteiger partial charge is 0.420 e. The first-order chi connectivity index (χ1) is 19.1. The molecule has 1 fully saturated rings. The Labute approximate surface area is 228 Å². The number of amides is 1. The molecule has 2 aliphatic heterocycles. The Morgan fingerprint density at radius 1 is 1.18 bits per heavy atom. The summed E-state index contributed by atoms with van der Waals surface area (Å²) in [6.07, 6.45) is -0.726. The van der Waals surface area contributed by atoms with E-state index < -0.39 is 29.8 Å². The summed E-state index contributed by atoms with van der Waals surface area (Å²) in [5, 5.41) is 20.5. The number of aliphatic hydroxyl groups excluding tert-OH is 1. The molecule has 1 aromatic carbocycles. The molecule has 206 valence electrons. The van der Waals surface area contributed by atoms with Gasteiger partial charge in [-0.25, -0.2) is 9.37 Å². The zero-order chi connectivity index (χ0) is 28.2. The molecule has 15 heteroatoms. The van der Waals surface area contributed by atoms with Crippen molar-refractivity contribution in [1.82, 2.24) is 40.1 Å². The number of carbonyl (C=O) groups excluding carboxylic acids is 1. The zero-order valence-corrected chi connectivity index (χ0v) is 21.1. The molecular formula is C25H19ClF4N8O2. The molecule has 3 aromatic heterocycles. The highest BCUT2D eigenvalue weighted by atomic mass is 35.5. The molecule has 3 atom stereocenters. The van der Waals surface area contributed by atoms with Crippen LogP contribution < -0.4 is 0 Å². The summed E-state index contributed by atoms with van der Waals surface area (Å²) in [7, 11) is 0. The summed E-state index contributed by atoms with van der Waals surface area (Å²) in [5.41, 5.74) is 1.16. The van der Waals surface area contributed by atoms with E-state index in [4.69, 9.17) is 11.6 Å². The number of hydrogen-bond acceptors (Lipinski definition) is 7. The van der Waals surface area contributed by atoms with E-state index in [1.165, 1.54) is 41.6 Å². The number of nitrogens with zero attached hydrogens (tertiary/aromatic N) is 7. The van der Waals surface area contributed by atoms with Crippen molar-refractivity contribution >= 4 is 23.1 Å². The minimum Gasteiger partial charge on any atom is -0.378 e. The SMILES string of the molecule is O=C1C=C(c2c(-n3cnnn3)ccc(Cl)c2F)CC2CCC(c3ncc(-c4ccnc(C(O)C(F)(F)F)c4)[nH]3)N12. The molecule has 0 bridgehead atoms. The highest BCUT2D eigenvalue weighted by molar-refractivity contribution is 6.31. The lowest BCUT2D eigenvalue weighted by Crippen LogP contribution is -2.39. The van der Waals surface area contributed by atoms with E-state index in [0.717, 1.165) is 6.07 Å². The van der Waals surface area contributed by atoms with Gasteiger partial charge < -0.3 is 15.0 Å². The van der Waals surface area contributed by atoms with E-state index in [-0.39, 0.29) is 22.5 Å². The van der Waals surface area contributed by atoms with Gasteiger partial charge in [0, 0.05) is 29.4 Å². The minimum atomic E-state index is -4.86. The molecule has 1 saturated heterocycles. The van der Waals surface area contributed by atoms with Crippen molar-refractivity contribution in [3.63, 3.8) is 0 Å². The number of rotatable bonds is 5. The van der Waals surface area contributed by atoms with Gasteiger partial charge in [0.1, 0.15) is 12.2 Å². The number of aromatic amines is 1. The highest BCUT2D eigenvalue weighted by Crippen LogP contribution is 2.44. The van der Waals surface area contributed by atoms with Crippen LogP contribution in [-0.4, -0.2) is 63.3 Å². The van der Waals surface area contributed by atoms with Crippen LogP contribution in [0.4, 0.5) is 17.6 Å². The van der Waals surface area contributed by atoms with Crippen molar-refractivity contribution in [1.29, 1.82) is 0 Å². The molecule has 2 aliphatic rings. The summed E-state index contributed by atoms with van der Waals surface area (Å²) >= 11 is 6.08. The van der Waals surface area contributed by atoms with Crippen LogP contribution >= 0.6 is 11.6 Å². The van der Waals surface area contributed by atoms with Gasteiger partial charge in [-0.15, -0.1) is 5.10 Å². The molecule has 4 aromatic rings. The molecule has 2 N–H and O–H groups in total.